The van der Waals surface area contributed by atoms with Gasteiger partial charge in [-0.1, -0.05) is 13.8 Å². The minimum Gasteiger partial charge on any atom is -0.480 e. The number of hydrogen-bond acceptors (Lipinski definition) is 7. The summed E-state index contributed by atoms with van der Waals surface area (Å²) in [5.74, 6) is -3.53. The molecule has 0 saturated heterocycles. The van der Waals surface area contributed by atoms with E-state index in [9.17, 15) is 24.3 Å². The van der Waals surface area contributed by atoms with E-state index in [0.29, 0.717) is 0 Å². The van der Waals surface area contributed by atoms with E-state index in [4.69, 9.17) is 10.8 Å². The molecule has 144 valence electrons. The number of nitrogens with two attached hydrogens (primary N) is 1. The summed E-state index contributed by atoms with van der Waals surface area (Å²) in [7, 11) is 0. The summed E-state index contributed by atoms with van der Waals surface area (Å²) < 4.78 is 0. The Hall–Kier alpha value is -1.85. The lowest BCUT2D eigenvalue weighted by atomic mass is 10.0. The van der Waals surface area contributed by atoms with Crippen molar-refractivity contribution in [3.63, 3.8) is 0 Å². The number of rotatable bonds is 10. The Morgan fingerprint density at radius 2 is 1.64 bits per heavy atom. The van der Waals surface area contributed by atoms with Crippen molar-refractivity contribution in [3.8, 4) is 0 Å². The lowest BCUT2D eigenvalue weighted by Crippen LogP contribution is -2.55. The Morgan fingerprint density at radius 3 is 2.04 bits per heavy atom. The molecule has 0 bridgehead atoms. The minimum absolute atomic E-state index is 0.0184. The van der Waals surface area contributed by atoms with Crippen LogP contribution in [0, 0.1) is 5.92 Å². The van der Waals surface area contributed by atoms with E-state index >= 15 is 0 Å². The Bertz CT molecular complexity index is 500. The zero-order chi connectivity index (χ0) is 19.7. The number of thiol groups is 1. The molecular weight excluding hydrogens is 352 g/mol. The van der Waals surface area contributed by atoms with E-state index in [1.807, 2.05) is 0 Å². The molecule has 25 heavy (non-hydrogen) atoms. The largest absolute Gasteiger partial charge is 0.480 e. The number of hydrogen-bond donors (Lipinski definition) is 7. The number of carbonyl (C=O) groups is 4. The van der Waals surface area contributed by atoms with Crippen LogP contribution in [-0.4, -0.2) is 70.4 Å². The van der Waals surface area contributed by atoms with Crippen LogP contribution >= 0.6 is 12.6 Å². The van der Waals surface area contributed by atoms with Crippen LogP contribution in [0.2, 0.25) is 0 Å². The number of carboxylic acid groups (broad SMARTS) is 1. The molecule has 0 fully saturated rings. The molecule has 0 aromatic carbocycles. The highest BCUT2D eigenvalue weighted by Gasteiger charge is 2.27. The second-order valence-corrected chi connectivity index (χ2v) is 6.22. The molecule has 0 aliphatic rings. The molecule has 7 N–H and O–H groups in total. The maximum atomic E-state index is 12.0. The van der Waals surface area contributed by atoms with Crippen molar-refractivity contribution in [1.82, 2.24) is 16.0 Å². The minimum atomic E-state index is -1.49. The number of aliphatic carboxylic acids is 1. The van der Waals surface area contributed by atoms with Crippen LogP contribution in [0.3, 0.4) is 0 Å². The van der Waals surface area contributed by atoms with Gasteiger partial charge in [0.2, 0.25) is 17.7 Å². The molecule has 3 amide bonds. The average molecular weight is 378 g/mol. The lowest BCUT2D eigenvalue weighted by molar-refractivity contribution is -0.144. The van der Waals surface area contributed by atoms with Crippen molar-refractivity contribution in [2.75, 3.05) is 12.3 Å². The molecule has 0 saturated carbocycles. The molecule has 0 radical (unpaired) electrons. The van der Waals surface area contributed by atoms with Gasteiger partial charge in [0, 0.05) is 5.75 Å². The van der Waals surface area contributed by atoms with Gasteiger partial charge in [-0.05, 0) is 12.8 Å². The third-order valence-corrected chi connectivity index (χ3v) is 3.69. The zero-order valence-corrected chi connectivity index (χ0v) is 15.2. The topological polar surface area (TPSA) is 171 Å². The van der Waals surface area contributed by atoms with Gasteiger partial charge in [0.05, 0.1) is 18.7 Å². The third kappa shape index (κ3) is 8.18. The maximum absolute atomic E-state index is 12.0. The van der Waals surface area contributed by atoms with Crippen molar-refractivity contribution >= 4 is 36.3 Å². The molecule has 0 heterocycles. The Balaban J connectivity index is 4.57. The molecule has 0 spiro atoms. The highest BCUT2D eigenvalue weighted by Crippen LogP contribution is 1.99. The summed E-state index contributed by atoms with van der Waals surface area (Å²) in [4.78, 5) is 46.4. The fourth-order valence-corrected chi connectivity index (χ4v) is 1.93. The standard InChI is InChI=1S/C14H26N4O6S/c1-6(2)10(15)13(22)17-8(5-25)12(21)16-4-9(20)18-11(7(3)19)14(23)24/h6-8,10-11,19,25H,4-5,15H2,1-3H3,(H,16,21)(H,17,22)(H,18,20)(H,23,24). The molecule has 0 aromatic rings. The summed E-state index contributed by atoms with van der Waals surface area (Å²) in [6, 6.07) is -3.28. The lowest BCUT2D eigenvalue weighted by Gasteiger charge is -2.21. The van der Waals surface area contributed by atoms with Gasteiger partial charge >= 0.3 is 5.97 Å². The number of aliphatic hydroxyl groups excluding tert-OH is 1. The number of amides is 3. The summed E-state index contributed by atoms with van der Waals surface area (Å²) in [5, 5.41) is 24.9. The van der Waals surface area contributed by atoms with Gasteiger partial charge in [0.1, 0.15) is 6.04 Å². The Kier molecular flexibility index (Phi) is 10.1. The number of aliphatic hydroxyl groups is 1. The second-order valence-electron chi connectivity index (χ2n) is 5.86. The number of carbonyl (C=O) groups excluding carboxylic acids is 3. The SMILES string of the molecule is CC(C)C(N)C(=O)NC(CS)C(=O)NCC(=O)NC(C(=O)O)C(C)O. The molecule has 0 aliphatic carbocycles. The predicted octanol–water partition coefficient (Wildman–Crippen LogP) is -2.55. The Labute approximate surface area is 151 Å². The van der Waals surface area contributed by atoms with Crippen molar-refractivity contribution in [3.05, 3.63) is 0 Å². The van der Waals surface area contributed by atoms with Crippen LogP contribution in [0.15, 0.2) is 0 Å². The van der Waals surface area contributed by atoms with Crippen LogP contribution in [0.25, 0.3) is 0 Å². The van der Waals surface area contributed by atoms with E-state index < -0.39 is 54.5 Å². The first-order chi connectivity index (χ1) is 11.5. The second kappa shape index (κ2) is 10.9. The summed E-state index contributed by atoms with van der Waals surface area (Å²) >= 11 is 3.98. The van der Waals surface area contributed by atoms with E-state index in [0.717, 1.165) is 0 Å². The highest BCUT2D eigenvalue weighted by atomic mass is 32.1. The molecule has 10 nitrogen and oxygen atoms in total. The van der Waals surface area contributed by atoms with Gasteiger partial charge in [-0.3, -0.25) is 14.4 Å². The van der Waals surface area contributed by atoms with Crippen molar-refractivity contribution in [2.45, 2.75) is 45.0 Å². The smallest absolute Gasteiger partial charge is 0.328 e. The molecule has 11 heteroatoms. The molecule has 0 rings (SSSR count). The van der Waals surface area contributed by atoms with Gasteiger partial charge in [0.25, 0.3) is 0 Å². The number of carboxylic acids is 1. The van der Waals surface area contributed by atoms with Gasteiger partial charge in [0.15, 0.2) is 6.04 Å². The average Bonchev–Trinajstić information content (AvgIpc) is 2.53. The normalized spacial score (nSPS) is 15.6. The van der Waals surface area contributed by atoms with E-state index in [1.54, 1.807) is 13.8 Å². The van der Waals surface area contributed by atoms with E-state index in [1.165, 1.54) is 6.92 Å². The monoisotopic (exact) mass is 378 g/mol. The zero-order valence-electron chi connectivity index (χ0n) is 14.4. The van der Waals surface area contributed by atoms with Crippen molar-refractivity contribution in [1.29, 1.82) is 0 Å². The highest BCUT2D eigenvalue weighted by molar-refractivity contribution is 7.80. The van der Waals surface area contributed by atoms with Crippen LogP contribution < -0.4 is 21.7 Å². The van der Waals surface area contributed by atoms with Crippen molar-refractivity contribution in [2.24, 2.45) is 11.7 Å². The van der Waals surface area contributed by atoms with Gasteiger partial charge in [-0.2, -0.15) is 12.6 Å². The van der Waals surface area contributed by atoms with E-state index in [-0.39, 0.29) is 11.7 Å². The maximum Gasteiger partial charge on any atom is 0.328 e. The van der Waals surface area contributed by atoms with Gasteiger partial charge in [-0.15, -0.1) is 0 Å². The number of nitrogens with one attached hydrogen (secondary N) is 3. The summed E-state index contributed by atoms with van der Waals surface area (Å²) in [6.45, 7) is 4.20. The molecular formula is C14H26N4O6S. The summed E-state index contributed by atoms with van der Waals surface area (Å²) in [6.07, 6.45) is -1.31. The summed E-state index contributed by atoms with van der Waals surface area (Å²) in [5.41, 5.74) is 5.68. The molecule has 0 aromatic heterocycles. The fourth-order valence-electron chi connectivity index (χ4n) is 1.67. The van der Waals surface area contributed by atoms with Crippen LogP contribution in [0.1, 0.15) is 20.8 Å². The first kappa shape index (κ1) is 23.1. The quantitative estimate of drug-likeness (QED) is 0.205. The van der Waals surface area contributed by atoms with E-state index in [2.05, 4.69) is 28.6 Å². The first-order valence-corrected chi connectivity index (χ1v) is 8.29. The molecule has 4 unspecified atom stereocenters. The fraction of sp³-hybridized carbons (Fsp3) is 0.714. The Morgan fingerprint density at radius 1 is 1.08 bits per heavy atom. The predicted molar refractivity (Wildman–Crippen MR) is 92.9 cm³/mol. The third-order valence-electron chi connectivity index (χ3n) is 3.32. The first-order valence-electron chi connectivity index (χ1n) is 7.66. The van der Waals surface area contributed by atoms with Gasteiger partial charge < -0.3 is 31.9 Å². The van der Waals surface area contributed by atoms with Crippen LogP contribution in [0.5, 0.6) is 0 Å². The van der Waals surface area contributed by atoms with Crippen LogP contribution in [0.4, 0.5) is 0 Å². The van der Waals surface area contributed by atoms with Crippen LogP contribution in [-0.2, 0) is 19.2 Å². The molecule has 4 atom stereocenters. The van der Waals surface area contributed by atoms with Gasteiger partial charge in [-0.25, -0.2) is 4.79 Å². The molecule has 0 aliphatic heterocycles. The van der Waals surface area contributed by atoms with Crippen molar-refractivity contribution < 1.29 is 29.4 Å².